The van der Waals surface area contributed by atoms with Crippen LogP contribution in [0.25, 0.3) is 6.08 Å². The Hall–Kier alpha value is -1.22. The van der Waals surface area contributed by atoms with E-state index in [4.69, 9.17) is 0 Å². The highest BCUT2D eigenvalue weighted by Gasteiger charge is 2.18. The van der Waals surface area contributed by atoms with Crippen LogP contribution in [0.2, 0.25) is 0 Å². The van der Waals surface area contributed by atoms with Gasteiger partial charge in [-0.15, -0.1) is 0 Å². The number of rotatable bonds is 2. The van der Waals surface area contributed by atoms with E-state index in [0.717, 1.165) is 5.75 Å². The first-order chi connectivity index (χ1) is 6.84. The van der Waals surface area contributed by atoms with E-state index in [1.807, 2.05) is 42.5 Å². The molecule has 2 rings (SSSR count). The number of carbonyl (C=O) groups excluding carboxylic acids is 1. The van der Waals surface area contributed by atoms with Crippen molar-refractivity contribution in [2.45, 2.75) is 6.04 Å². The lowest BCUT2D eigenvalue weighted by molar-refractivity contribution is 0.261. The van der Waals surface area contributed by atoms with Crippen molar-refractivity contribution in [1.82, 2.24) is 5.32 Å². The average Bonchev–Trinajstić information content (AvgIpc) is 2.63. The van der Waals surface area contributed by atoms with Gasteiger partial charge in [0, 0.05) is 5.75 Å². The molecular weight excluding hydrogens is 194 g/mol. The Morgan fingerprint density at radius 1 is 1.36 bits per heavy atom. The molecule has 1 heterocycles. The van der Waals surface area contributed by atoms with Gasteiger partial charge in [-0.3, -0.25) is 4.79 Å². The van der Waals surface area contributed by atoms with Crippen LogP contribution in [0.5, 0.6) is 0 Å². The van der Waals surface area contributed by atoms with Gasteiger partial charge in [-0.05, 0) is 5.56 Å². The normalized spacial score (nSPS) is 21.4. The maximum absolute atomic E-state index is 10.9. The average molecular weight is 205 g/mol. The zero-order valence-electron chi connectivity index (χ0n) is 7.64. The lowest BCUT2D eigenvalue weighted by Crippen LogP contribution is -2.23. The van der Waals surface area contributed by atoms with Gasteiger partial charge in [-0.1, -0.05) is 54.2 Å². The highest BCUT2D eigenvalue weighted by molar-refractivity contribution is 8.14. The van der Waals surface area contributed by atoms with Gasteiger partial charge < -0.3 is 5.32 Å². The fourth-order valence-corrected chi connectivity index (χ4v) is 2.06. The minimum Gasteiger partial charge on any atom is -0.340 e. The van der Waals surface area contributed by atoms with Crippen molar-refractivity contribution < 1.29 is 4.79 Å². The van der Waals surface area contributed by atoms with E-state index in [2.05, 4.69) is 5.32 Å². The molecule has 1 aromatic carbocycles. The third-order valence-electron chi connectivity index (χ3n) is 2.02. The monoisotopic (exact) mass is 205 g/mol. The van der Waals surface area contributed by atoms with Crippen LogP contribution in [0.1, 0.15) is 5.56 Å². The van der Waals surface area contributed by atoms with Crippen LogP contribution in [0, 0.1) is 0 Å². The van der Waals surface area contributed by atoms with Crippen molar-refractivity contribution in [3.8, 4) is 0 Å². The molecule has 14 heavy (non-hydrogen) atoms. The van der Waals surface area contributed by atoms with Crippen LogP contribution < -0.4 is 5.32 Å². The molecule has 0 radical (unpaired) electrons. The number of amides is 1. The topological polar surface area (TPSA) is 29.1 Å². The van der Waals surface area contributed by atoms with E-state index in [1.165, 1.54) is 17.3 Å². The molecule has 3 heteroatoms. The minimum atomic E-state index is 0.0766. The number of carbonyl (C=O) groups is 1. The molecule has 0 saturated carbocycles. The summed E-state index contributed by atoms with van der Waals surface area (Å²) in [5, 5.41) is 2.94. The van der Waals surface area contributed by atoms with E-state index >= 15 is 0 Å². The summed E-state index contributed by atoms with van der Waals surface area (Å²) in [5.74, 6) is 0.835. The van der Waals surface area contributed by atoms with Gasteiger partial charge in [0.25, 0.3) is 5.24 Å². The summed E-state index contributed by atoms with van der Waals surface area (Å²) in [5.41, 5.74) is 1.17. The summed E-state index contributed by atoms with van der Waals surface area (Å²) in [6.45, 7) is 0. The highest BCUT2D eigenvalue weighted by Crippen LogP contribution is 2.14. The van der Waals surface area contributed by atoms with Crippen LogP contribution in [-0.4, -0.2) is 17.0 Å². The van der Waals surface area contributed by atoms with Crippen LogP contribution in [-0.2, 0) is 0 Å². The molecule has 1 aliphatic heterocycles. The minimum absolute atomic E-state index is 0.0766. The number of nitrogens with one attached hydrogen (secondary N) is 1. The molecule has 1 fully saturated rings. The van der Waals surface area contributed by atoms with Gasteiger partial charge in [-0.2, -0.15) is 0 Å². The molecule has 0 aliphatic carbocycles. The summed E-state index contributed by atoms with van der Waals surface area (Å²) < 4.78 is 0. The quantitative estimate of drug-likeness (QED) is 0.803. The molecule has 1 N–H and O–H groups in total. The fraction of sp³-hybridized carbons (Fsp3) is 0.182. The third-order valence-corrected chi connectivity index (χ3v) is 2.92. The van der Waals surface area contributed by atoms with Crippen molar-refractivity contribution in [3.63, 3.8) is 0 Å². The number of hydrogen-bond donors (Lipinski definition) is 1. The molecule has 1 aromatic rings. The maximum Gasteiger partial charge on any atom is 0.279 e. The zero-order valence-corrected chi connectivity index (χ0v) is 8.46. The molecule has 0 aromatic heterocycles. The van der Waals surface area contributed by atoms with E-state index in [9.17, 15) is 4.79 Å². The molecule has 0 unspecified atom stereocenters. The van der Waals surface area contributed by atoms with Crippen molar-refractivity contribution in [2.75, 3.05) is 5.75 Å². The molecule has 1 saturated heterocycles. The Morgan fingerprint density at radius 2 is 2.14 bits per heavy atom. The van der Waals surface area contributed by atoms with Crippen molar-refractivity contribution >= 4 is 23.1 Å². The van der Waals surface area contributed by atoms with Crippen molar-refractivity contribution in [3.05, 3.63) is 42.0 Å². The molecule has 1 atom stereocenters. The molecule has 2 nitrogen and oxygen atoms in total. The van der Waals surface area contributed by atoms with E-state index in [-0.39, 0.29) is 11.3 Å². The summed E-state index contributed by atoms with van der Waals surface area (Å²) in [4.78, 5) is 10.9. The van der Waals surface area contributed by atoms with Crippen LogP contribution in [0.4, 0.5) is 4.79 Å². The first-order valence-corrected chi connectivity index (χ1v) is 5.50. The summed E-state index contributed by atoms with van der Waals surface area (Å²) in [6.07, 6.45) is 4.07. The first-order valence-electron chi connectivity index (χ1n) is 4.51. The van der Waals surface area contributed by atoms with E-state index in [0.29, 0.717) is 0 Å². The Morgan fingerprint density at radius 3 is 2.79 bits per heavy atom. The number of hydrogen-bond acceptors (Lipinski definition) is 2. The largest absolute Gasteiger partial charge is 0.340 e. The second-order valence-electron chi connectivity index (χ2n) is 3.12. The van der Waals surface area contributed by atoms with Gasteiger partial charge in [0.15, 0.2) is 0 Å². The highest BCUT2D eigenvalue weighted by atomic mass is 32.2. The molecule has 0 bridgehead atoms. The molecule has 0 spiro atoms. The SMILES string of the molecule is O=C1N[C@H](/C=C\c2ccccc2)CS1. The lowest BCUT2D eigenvalue weighted by atomic mass is 10.2. The van der Waals surface area contributed by atoms with Gasteiger partial charge in [-0.25, -0.2) is 0 Å². The zero-order chi connectivity index (χ0) is 9.80. The summed E-state index contributed by atoms with van der Waals surface area (Å²) in [6, 6.07) is 10.3. The predicted octanol–water partition coefficient (Wildman–Crippen LogP) is 2.52. The van der Waals surface area contributed by atoms with Crippen LogP contribution in [0.3, 0.4) is 0 Å². The first kappa shape index (κ1) is 9.34. The van der Waals surface area contributed by atoms with E-state index < -0.39 is 0 Å². The summed E-state index contributed by atoms with van der Waals surface area (Å²) in [7, 11) is 0. The van der Waals surface area contributed by atoms with Gasteiger partial charge in [0.2, 0.25) is 0 Å². The Labute approximate surface area is 87.4 Å². The Bertz CT molecular complexity index is 348. The fourth-order valence-electron chi connectivity index (χ4n) is 1.30. The van der Waals surface area contributed by atoms with Crippen LogP contribution >= 0.6 is 11.8 Å². The van der Waals surface area contributed by atoms with Crippen molar-refractivity contribution in [2.24, 2.45) is 0 Å². The Balaban J connectivity index is 1.97. The third kappa shape index (κ3) is 2.39. The molecule has 72 valence electrons. The van der Waals surface area contributed by atoms with Gasteiger partial charge in [0.05, 0.1) is 6.04 Å². The summed E-state index contributed by atoms with van der Waals surface area (Å²) >= 11 is 1.34. The molecule has 1 aliphatic rings. The van der Waals surface area contributed by atoms with Gasteiger partial charge >= 0.3 is 0 Å². The van der Waals surface area contributed by atoms with E-state index in [1.54, 1.807) is 0 Å². The Kier molecular flexibility index (Phi) is 2.89. The van der Waals surface area contributed by atoms with Gasteiger partial charge in [0.1, 0.15) is 0 Å². The predicted molar refractivity (Wildman–Crippen MR) is 60.3 cm³/mol. The second-order valence-corrected chi connectivity index (χ2v) is 4.11. The maximum atomic E-state index is 10.9. The number of thioether (sulfide) groups is 1. The molecule has 1 amide bonds. The second kappa shape index (κ2) is 4.33. The smallest absolute Gasteiger partial charge is 0.279 e. The standard InChI is InChI=1S/C11H11NOS/c13-11-12-10(8-14-11)7-6-9-4-2-1-3-5-9/h1-7,10H,8H2,(H,12,13)/b7-6-/t10-/m1/s1. The number of benzene rings is 1. The lowest BCUT2D eigenvalue weighted by Gasteiger charge is -2.00. The van der Waals surface area contributed by atoms with Crippen LogP contribution in [0.15, 0.2) is 36.4 Å². The molecular formula is C11H11NOS. The van der Waals surface area contributed by atoms with Crippen molar-refractivity contribution in [1.29, 1.82) is 0 Å².